The van der Waals surface area contributed by atoms with Crippen LogP contribution in [0.25, 0.3) is 10.9 Å². The molecule has 0 bridgehead atoms. The first-order valence-electron chi connectivity index (χ1n) is 8.59. The summed E-state index contributed by atoms with van der Waals surface area (Å²) in [6.07, 6.45) is 6.59. The highest BCUT2D eigenvalue weighted by Gasteiger charge is 2.04. The maximum atomic E-state index is 4.71. The van der Waals surface area contributed by atoms with Gasteiger partial charge in [0.05, 0.1) is 23.1 Å². The fourth-order valence-electron chi connectivity index (χ4n) is 2.79. The second-order valence-corrected chi connectivity index (χ2v) is 5.92. The third kappa shape index (κ3) is 4.19. The molecule has 0 radical (unpaired) electrons. The Morgan fingerprint density at radius 2 is 1.79 bits per heavy atom. The summed E-state index contributed by atoms with van der Waals surface area (Å²) in [6, 6.07) is 20.4. The molecule has 0 amide bonds. The Morgan fingerprint density at radius 3 is 2.62 bits per heavy atom. The van der Waals surface area contributed by atoms with Crippen molar-refractivity contribution >= 4 is 22.8 Å². The zero-order valence-electron chi connectivity index (χ0n) is 14.1. The minimum absolute atomic E-state index is 0.892. The molecule has 3 heteroatoms. The van der Waals surface area contributed by atoms with E-state index in [9.17, 15) is 0 Å². The van der Waals surface area contributed by atoms with E-state index in [-0.39, 0.29) is 0 Å². The summed E-state index contributed by atoms with van der Waals surface area (Å²) in [4.78, 5) is 4.71. The quantitative estimate of drug-likeness (QED) is 0.359. The summed E-state index contributed by atoms with van der Waals surface area (Å²) in [5.74, 6) is 0. The van der Waals surface area contributed by atoms with Gasteiger partial charge >= 0.3 is 0 Å². The number of fused-ring (bicyclic) bond motifs is 1. The molecule has 1 heterocycles. The minimum atomic E-state index is 0.892. The van der Waals surface area contributed by atoms with Crippen molar-refractivity contribution < 1.29 is 0 Å². The van der Waals surface area contributed by atoms with Crippen LogP contribution in [0.3, 0.4) is 0 Å². The summed E-state index contributed by atoms with van der Waals surface area (Å²) in [5.41, 5.74) is 7.30. The Labute approximate surface area is 143 Å². The van der Waals surface area contributed by atoms with E-state index in [1.54, 1.807) is 6.21 Å². The van der Waals surface area contributed by atoms with Crippen LogP contribution >= 0.6 is 0 Å². The average Bonchev–Trinajstić information content (AvgIpc) is 2.63. The second kappa shape index (κ2) is 8.25. The number of para-hydroxylation sites is 2. The van der Waals surface area contributed by atoms with Gasteiger partial charge in [0, 0.05) is 5.39 Å². The van der Waals surface area contributed by atoms with E-state index in [0.717, 1.165) is 23.3 Å². The van der Waals surface area contributed by atoms with Crippen LogP contribution in [0.5, 0.6) is 0 Å². The number of rotatable bonds is 7. The smallest absolute Gasteiger partial charge is 0.0840 e. The van der Waals surface area contributed by atoms with Gasteiger partial charge in [-0.1, -0.05) is 56.2 Å². The molecule has 0 atom stereocenters. The Bertz CT molecular complexity index is 810. The average molecular weight is 317 g/mol. The van der Waals surface area contributed by atoms with Crippen LogP contribution in [-0.2, 0) is 6.42 Å². The number of unbranched alkanes of at least 4 members (excludes halogenated alkanes) is 2. The van der Waals surface area contributed by atoms with Gasteiger partial charge in [0.1, 0.15) is 0 Å². The van der Waals surface area contributed by atoms with E-state index in [2.05, 4.69) is 41.7 Å². The molecule has 1 aromatic heterocycles. The minimum Gasteiger partial charge on any atom is -0.278 e. The largest absolute Gasteiger partial charge is 0.278 e. The third-order valence-electron chi connectivity index (χ3n) is 4.04. The normalized spacial score (nSPS) is 11.2. The van der Waals surface area contributed by atoms with Gasteiger partial charge in [-0.25, -0.2) is 4.98 Å². The maximum absolute atomic E-state index is 4.71. The lowest BCUT2D eigenvalue weighted by Gasteiger charge is -2.07. The van der Waals surface area contributed by atoms with Crippen LogP contribution in [0.4, 0.5) is 5.69 Å². The molecule has 0 aliphatic heterocycles. The molecule has 3 aromatic rings. The first kappa shape index (κ1) is 16.2. The summed E-state index contributed by atoms with van der Waals surface area (Å²) in [7, 11) is 0. The molecule has 2 aromatic carbocycles. The van der Waals surface area contributed by atoms with Crippen LogP contribution < -0.4 is 5.43 Å². The number of aryl methyl sites for hydroxylation is 1. The van der Waals surface area contributed by atoms with Crippen molar-refractivity contribution in [3.05, 3.63) is 71.9 Å². The molecule has 122 valence electrons. The Morgan fingerprint density at radius 1 is 1.00 bits per heavy atom. The standard InChI is InChI=1S/C21H23N3/c1-2-3-5-10-17-15-19(23-21-14-9-8-13-20(17)21)16-22-24-18-11-6-4-7-12-18/h4,6-9,11-16,24H,2-3,5,10H2,1H3. The highest BCUT2D eigenvalue weighted by molar-refractivity contribution is 5.88. The van der Waals surface area contributed by atoms with Crippen molar-refractivity contribution in [1.29, 1.82) is 0 Å². The molecule has 0 aliphatic carbocycles. The Balaban J connectivity index is 1.82. The predicted octanol–water partition coefficient (Wildman–Crippen LogP) is 5.41. The lowest BCUT2D eigenvalue weighted by Crippen LogP contribution is -1.97. The number of hydrazone groups is 1. The van der Waals surface area contributed by atoms with E-state index >= 15 is 0 Å². The number of hydrogen-bond acceptors (Lipinski definition) is 3. The van der Waals surface area contributed by atoms with Crippen LogP contribution in [0.2, 0.25) is 0 Å². The number of pyridine rings is 1. The Hall–Kier alpha value is -2.68. The number of hydrogen-bond donors (Lipinski definition) is 1. The molecule has 24 heavy (non-hydrogen) atoms. The number of aromatic nitrogens is 1. The first-order valence-corrected chi connectivity index (χ1v) is 8.59. The van der Waals surface area contributed by atoms with E-state index in [1.165, 1.54) is 30.2 Å². The maximum Gasteiger partial charge on any atom is 0.0840 e. The van der Waals surface area contributed by atoms with Gasteiger partial charge in [-0.2, -0.15) is 5.10 Å². The predicted molar refractivity (Wildman–Crippen MR) is 103 cm³/mol. The lowest BCUT2D eigenvalue weighted by atomic mass is 10.0. The topological polar surface area (TPSA) is 37.3 Å². The molecule has 0 aliphatic rings. The highest BCUT2D eigenvalue weighted by atomic mass is 15.3. The van der Waals surface area contributed by atoms with Gasteiger partial charge in [-0.05, 0) is 42.7 Å². The van der Waals surface area contributed by atoms with Crippen molar-refractivity contribution in [2.75, 3.05) is 5.43 Å². The molecule has 0 fully saturated rings. The van der Waals surface area contributed by atoms with E-state index in [4.69, 9.17) is 4.98 Å². The van der Waals surface area contributed by atoms with Crippen molar-refractivity contribution in [3.63, 3.8) is 0 Å². The summed E-state index contributed by atoms with van der Waals surface area (Å²) < 4.78 is 0. The van der Waals surface area contributed by atoms with Crippen molar-refractivity contribution in [3.8, 4) is 0 Å². The molecule has 0 saturated carbocycles. The van der Waals surface area contributed by atoms with Gasteiger partial charge in [-0.15, -0.1) is 0 Å². The van der Waals surface area contributed by atoms with E-state index in [0.29, 0.717) is 0 Å². The number of nitrogens with zero attached hydrogens (tertiary/aromatic N) is 2. The molecular weight excluding hydrogens is 294 g/mol. The molecule has 0 saturated heterocycles. The number of nitrogens with one attached hydrogen (secondary N) is 1. The second-order valence-electron chi connectivity index (χ2n) is 5.92. The Kier molecular flexibility index (Phi) is 5.56. The molecule has 3 nitrogen and oxygen atoms in total. The van der Waals surface area contributed by atoms with E-state index in [1.807, 2.05) is 36.4 Å². The van der Waals surface area contributed by atoms with Crippen LogP contribution in [0.15, 0.2) is 65.8 Å². The number of anilines is 1. The summed E-state index contributed by atoms with van der Waals surface area (Å²) in [6.45, 7) is 2.23. The van der Waals surface area contributed by atoms with Gasteiger partial charge in [0.2, 0.25) is 0 Å². The third-order valence-corrected chi connectivity index (χ3v) is 4.04. The van der Waals surface area contributed by atoms with Crippen LogP contribution in [-0.4, -0.2) is 11.2 Å². The lowest BCUT2D eigenvalue weighted by molar-refractivity contribution is 0.719. The highest BCUT2D eigenvalue weighted by Crippen LogP contribution is 2.20. The van der Waals surface area contributed by atoms with E-state index < -0.39 is 0 Å². The molecular formula is C21H23N3. The SMILES string of the molecule is CCCCCc1cc(C=NNc2ccccc2)nc2ccccc12. The molecule has 3 rings (SSSR count). The fraction of sp³-hybridized carbons (Fsp3) is 0.238. The van der Waals surface area contributed by atoms with Gasteiger partial charge < -0.3 is 0 Å². The molecule has 0 unspecified atom stereocenters. The van der Waals surface area contributed by atoms with Gasteiger partial charge in [-0.3, -0.25) is 5.43 Å². The fourth-order valence-corrected chi connectivity index (χ4v) is 2.79. The van der Waals surface area contributed by atoms with Gasteiger partial charge in [0.15, 0.2) is 0 Å². The van der Waals surface area contributed by atoms with Crippen molar-refractivity contribution in [2.45, 2.75) is 32.6 Å². The monoisotopic (exact) mass is 317 g/mol. The van der Waals surface area contributed by atoms with Crippen LogP contribution in [0.1, 0.15) is 37.4 Å². The zero-order chi connectivity index (χ0) is 16.6. The zero-order valence-corrected chi connectivity index (χ0v) is 14.1. The summed E-state index contributed by atoms with van der Waals surface area (Å²) in [5, 5.41) is 5.57. The molecule has 1 N–H and O–H groups in total. The number of benzene rings is 2. The summed E-state index contributed by atoms with van der Waals surface area (Å²) >= 11 is 0. The first-order chi connectivity index (χ1) is 11.9. The van der Waals surface area contributed by atoms with Crippen LogP contribution in [0, 0.1) is 0 Å². The van der Waals surface area contributed by atoms with Gasteiger partial charge in [0.25, 0.3) is 0 Å². The molecule has 0 spiro atoms. The van der Waals surface area contributed by atoms with Crippen molar-refractivity contribution in [1.82, 2.24) is 4.98 Å². The van der Waals surface area contributed by atoms with Crippen molar-refractivity contribution in [2.24, 2.45) is 5.10 Å².